The van der Waals surface area contributed by atoms with Crippen LogP contribution in [-0.2, 0) is 17.8 Å². The maximum atomic E-state index is 12.7. The summed E-state index contributed by atoms with van der Waals surface area (Å²) in [6.45, 7) is 2.43. The lowest BCUT2D eigenvalue weighted by Crippen LogP contribution is -2.54. The first kappa shape index (κ1) is 13.6. The Kier molecular flexibility index (Phi) is 3.76. The van der Waals surface area contributed by atoms with E-state index in [-0.39, 0.29) is 11.9 Å². The van der Waals surface area contributed by atoms with Crippen molar-refractivity contribution in [1.29, 1.82) is 0 Å². The van der Waals surface area contributed by atoms with Crippen molar-refractivity contribution in [3.63, 3.8) is 0 Å². The van der Waals surface area contributed by atoms with Crippen molar-refractivity contribution in [2.75, 3.05) is 27.2 Å². The van der Waals surface area contributed by atoms with Crippen LogP contribution in [0.1, 0.15) is 24.2 Å². The lowest BCUT2D eigenvalue weighted by Gasteiger charge is -2.38. The zero-order chi connectivity index (χ0) is 14.1. The van der Waals surface area contributed by atoms with Gasteiger partial charge in [-0.1, -0.05) is 0 Å². The molecule has 110 valence electrons. The van der Waals surface area contributed by atoms with Gasteiger partial charge < -0.3 is 14.8 Å². The van der Waals surface area contributed by atoms with Gasteiger partial charge in [-0.3, -0.25) is 10.1 Å². The number of aromatic amines is 1. The number of piperidine rings is 1. The second-order valence-corrected chi connectivity index (χ2v) is 6.01. The Balaban J connectivity index is 1.64. The van der Waals surface area contributed by atoms with Crippen LogP contribution >= 0.6 is 0 Å². The molecular formula is C14H23N5O. The summed E-state index contributed by atoms with van der Waals surface area (Å²) in [4.78, 5) is 24.3. The zero-order valence-corrected chi connectivity index (χ0v) is 12.2. The van der Waals surface area contributed by atoms with Gasteiger partial charge >= 0.3 is 0 Å². The maximum Gasteiger partial charge on any atom is 0.240 e. The van der Waals surface area contributed by atoms with Crippen molar-refractivity contribution in [2.45, 2.75) is 37.9 Å². The predicted octanol–water partition coefficient (Wildman–Crippen LogP) is -0.0234. The fourth-order valence-corrected chi connectivity index (χ4v) is 3.14. The minimum Gasteiger partial charge on any atom is -0.347 e. The van der Waals surface area contributed by atoms with Gasteiger partial charge in [0, 0.05) is 32.1 Å². The molecule has 2 aliphatic heterocycles. The molecule has 0 saturated carbocycles. The molecule has 0 radical (unpaired) electrons. The molecule has 1 aromatic rings. The summed E-state index contributed by atoms with van der Waals surface area (Å²) >= 11 is 0. The molecule has 2 atom stereocenters. The van der Waals surface area contributed by atoms with Crippen molar-refractivity contribution in [3.05, 3.63) is 17.7 Å². The van der Waals surface area contributed by atoms with Crippen molar-refractivity contribution in [1.82, 2.24) is 25.1 Å². The van der Waals surface area contributed by atoms with Gasteiger partial charge in [-0.15, -0.1) is 0 Å². The number of likely N-dealkylation sites (tertiary alicyclic amines) is 1. The lowest BCUT2D eigenvalue weighted by molar-refractivity contribution is -0.135. The molecule has 3 heterocycles. The van der Waals surface area contributed by atoms with E-state index in [4.69, 9.17) is 0 Å². The summed E-state index contributed by atoms with van der Waals surface area (Å²) in [6, 6.07) is 0.365. The molecule has 1 amide bonds. The van der Waals surface area contributed by atoms with Crippen LogP contribution in [0.4, 0.5) is 0 Å². The van der Waals surface area contributed by atoms with Crippen molar-refractivity contribution in [3.8, 4) is 0 Å². The van der Waals surface area contributed by atoms with Gasteiger partial charge in [0.2, 0.25) is 5.91 Å². The molecule has 6 nitrogen and oxygen atoms in total. The number of imidazole rings is 1. The Labute approximate surface area is 119 Å². The molecule has 0 spiro atoms. The highest BCUT2D eigenvalue weighted by atomic mass is 16.2. The second-order valence-electron chi connectivity index (χ2n) is 6.01. The van der Waals surface area contributed by atoms with E-state index in [2.05, 4.69) is 34.3 Å². The molecule has 2 N–H and O–H groups in total. The third kappa shape index (κ3) is 2.58. The molecule has 3 rings (SSSR count). The van der Waals surface area contributed by atoms with E-state index in [0.717, 1.165) is 30.9 Å². The number of rotatable bonds is 2. The number of hydrogen-bond acceptors (Lipinski definition) is 4. The Hall–Kier alpha value is -1.40. The molecular weight excluding hydrogens is 254 g/mol. The Morgan fingerprint density at radius 2 is 2.35 bits per heavy atom. The average molecular weight is 277 g/mol. The highest BCUT2D eigenvalue weighted by molar-refractivity contribution is 5.82. The number of nitrogens with zero attached hydrogens (tertiary/aromatic N) is 3. The van der Waals surface area contributed by atoms with Gasteiger partial charge in [0.05, 0.1) is 23.8 Å². The van der Waals surface area contributed by atoms with Crippen LogP contribution in [0, 0.1) is 0 Å². The van der Waals surface area contributed by atoms with E-state index in [1.165, 1.54) is 6.42 Å². The van der Waals surface area contributed by atoms with E-state index < -0.39 is 0 Å². The highest BCUT2D eigenvalue weighted by Crippen LogP contribution is 2.18. The largest absolute Gasteiger partial charge is 0.347 e. The van der Waals surface area contributed by atoms with Crippen LogP contribution in [-0.4, -0.2) is 64.9 Å². The molecule has 1 aromatic heterocycles. The standard InChI is InChI=1S/C14H23N5O/c1-18(2)10-4-3-5-19(8-10)14(20)12-6-11-13(7-15-12)17-9-16-11/h9-10,12,15H,3-8H2,1-2H3,(H,16,17). The third-order valence-corrected chi connectivity index (χ3v) is 4.47. The van der Waals surface area contributed by atoms with Crippen molar-refractivity contribution >= 4 is 5.91 Å². The number of aromatic nitrogens is 2. The average Bonchev–Trinajstić information content (AvgIpc) is 2.94. The molecule has 2 unspecified atom stereocenters. The Bertz CT molecular complexity index is 484. The number of amides is 1. The fourth-order valence-electron chi connectivity index (χ4n) is 3.14. The van der Waals surface area contributed by atoms with Crippen LogP contribution in [0.2, 0.25) is 0 Å². The van der Waals surface area contributed by atoms with Gasteiger partial charge in [0.1, 0.15) is 0 Å². The van der Waals surface area contributed by atoms with Gasteiger partial charge in [-0.05, 0) is 26.9 Å². The minimum absolute atomic E-state index is 0.119. The van der Waals surface area contributed by atoms with Crippen LogP contribution in [0.25, 0.3) is 0 Å². The van der Waals surface area contributed by atoms with E-state index in [0.29, 0.717) is 19.0 Å². The number of likely N-dealkylation sites (N-methyl/N-ethyl adjacent to an activating group) is 1. The second kappa shape index (κ2) is 5.54. The van der Waals surface area contributed by atoms with E-state index in [1.54, 1.807) is 6.33 Å². The zero-order valence-electron chi connectivity index (χ0n) is 12.2. The Morgan fingerprint density at radius 3 is 3.15 bits per heavy atom. The molecule has 1 saturated heterocycles. The quantitative estimate of drug-likeness (QED) is 0.797. The van der Waals surface area contributed by atoms with Crippen LogP contribution in [0.3, 0.4) is 0 Å². The number of carbonyl (C=O) groups excluding carboxylic acids is 1. The third-order valence-electron chi connectivity index (χ3n) is 4.47. The topological polar surface area (TPSA) is 64.3 Å². The summed E-state index contributed by atoms with van der Waals surface area (Å²) < 4.78 is 0. The fraction of sp³-hybridized carbons (Fsp3) is 0.714. The smallest absolute Gasteiger partial charge is 0.240 e. The molecule has 2 aliphatic rings. The van der Waals surface area contributed by atoms with Gasteiger partial charge in [-0.2, -0.15) is 0 Å². The Morgan fingerprint density at radius 1 is 1.50 bits per heavy atom. The lowest BCUT2D eigenvalue weighted by atomic mass is 10.0. The normalized spacial score (nSPS) is 26.6. The highest BCUT2D eigenvalue weighted by Gasteiger charge is 2.32. The van der Waals surface area contributed by atoms with Gasteiger partial charge in [-0.25, -0.2) is 4.98 Å². The number of H-pyrrole nitrogens is 1. The molecule has 0 aliphatic carbocycles. The van der Waals surface area contributed by atoms with Crippen LogP contribution in [0.5, 0.6) is 0 Å². The first-order valence-electron chi connectivity index (χ1n) is 7.35. The summed E-state index contributed by atoms with van der Waals surface area (Å²) in [5.74, 6) is 0.227. The predicted molar refractivity (Wildman–Crippen MR) is 76.2 cm³/mol. The summed E-state index contributed by atoms with van der Waals surface area (Å²) in [5.41, 5.74) is 2.14. The maximum absolute atomic E-state index is 12.7. The summed E-state index contributed by atoms with van der Waals surface area (Å²) in [7, 11) is 4.18. The number of carbonyl (C=O) groups is 1. The monoisotopic (exact) mass is 277 g/mol. The molecule has 0 bridgehead atoms. The summed E-state index contributed by atoms with van der Waals surface area (Å²) in [6.07, 6.45) is 4.68. The van der Waals surface area contributed by atoms with E-state index in [9.17, 15) is 4.79 Å². The van der Waals surface area contributed by atoms with Gasteiger partial charge in [0.25, 0.3) is 0 Å². The van der Waals surface area contributed by atoms with Gasteiger partial charge in [0.15, 0.2) is 0 Å². The first-order valence-corrected chi connectivity index (χ1v) is 7.35. The number of hydrogen-bond donors (Lipinski definition) is 2. The molecule has 20 heavy (non-hydrogen) atoms. The molecule has 0 aromatic carbocycles. The SMILES string of the molecule is CN(C)C1CCCN(C(=O)C2Cc3nc[nH]c3CN2)C1. The number of fused-ring (bicyclic) bond motifs is 1. The minimum atomic E-state index is -0.119. The van der Waals surface area contributed by atoms with Crippen molar-refractivity contribution in [2.24, 2.45) is 0 Å². The first-order chi connectivity index (χ1) is 9.65. The summed E-state index contributed by atoms with van der Waals surface area (Å²) in [5, 5.41) is 3.33. The number of nitrogens with one attached hydrogen (secondary N) is 2. The van der Waals surface area contributed by atoms with E-state index >= 15 is 0 Å². The molecule has 1 fully saturated rings. The van der Waals surface area contributed by atoms with Crippen LogP contribution in [0.15, 0.2) is 6.33 Å². The van der Waals surface area contributed by atoms with Crippen LogP contribution < -0.4 is 5.32 Å². The van der Waals surface area contributed by atoms with E-state index in [1.807, 2.05) is 4.90 Å². The molecule has 6 heteroatoms. The van der Waals surface area contributed by atoms with Crippen molar-refractivity contribution < 1.29 is 4.79 Å².